The molecular weight excluding hydrogens is 480 g/mol. The molecule has 0 radical (unpaired) electrons. The van der Waals surface area contributed by atoms with Crippen LogP contribution in [-0.4, -0.2) is 41.8 Å². The van der Waals surface area contributed by atoms with E-state index in [1.807, 2.05) is 91.0 Å². The lowest BCUT2D eigenvalue weighted by atomic mass is 9.81. The number of ether oxygens (including phenoxy) is 1. The van der Waals surface area contributed by atoms with Gasteiger partial charge in [0.25, 0.3) is 0 Å². The number of aliphatic hydroxyl groups excluding tert-OH is 2. The molecule has 4 N–H and O–H groups in total. The lowest BCUT2D eigenvalue weighted by Crippen LogP contribution is -2.51. The van der Waals surface area contributed by atoms with E-state index >= 15 is 0 Å². The highest BCUT2D eigenvalue weighted by Gasteiger charge is 2.42. The average molecular weight is 519 g/mol. The number of unbranched alkanes of at least 4 members (excludes halogenated alkanes) is 1. The number of carbonyl (C=O) groups is 2. The summed E-state index contributed by atoms with van der Waals surface area (Å²) in [5.74, 6) is -0.958. The Kier molecular flexibility index (Phi) is 11.5. The molecule has 0 unspecified atom stereocenters. The molecule has 0 saturated carbocycles. The molecule has 0 bridgehead atoms. The normalized spacial score (nSPS) is 12.9. The van der Waals surface area contributed by atoms with Gasteiger partial charge in [-0.25, -0.2) is 0 Å². The number of carbonyl (C=O) groups excluding carboxylic acids is 2. The highest BCUT2D eigenvalue weighted by molar-refractivity contribution is 6.04. The third-order valence-electron chi connectivity index (χ3n) is 6.71. The van der Waals surface area contributed by atoms with Gasteiger partial charge >= 0.3 is 0 Å². The van der Waals surface area contributed by atoms with Crippen molar-refractivity contribution >= 4 is 11.8 Å². The summed E-state index contributed by atoms with van der Waals surface area (Å²) in [6.07, 6.45) is 1.53. The first kappa shape index (κ1) is 29.0. The van der Waals surface area contributed by atoms with Crippen molar-refractivity contribution in [2.45, 2.75) is 44.9 Å². The summed E-state index contributed by atoms with van der Waals surface area (Å²) in [7, 11) is 0. The summed E-state index contributed by atoms with van der Waals surface area (Å²) in [4.78, 5) is 27.2. The second-order valence-corrected chi connectivity index (χ2v) is 9.57. The van der Waals surface area contributed by atoms with Gasteiger partial charge in [-0.05, 0) is 42.9 Å². The van der Waals surface area contributed by atoms with Crippen LogP contribution in [0.1, 0.15) is 55.0 Å². The standard InChI is InChI=1S/C31H38N2O5/c1-31(19-11-12-20-38-23-24-13-5-2-6-14-24,29(36)32-27(21-34)25-15-7-3-8-16-25)30(37)33-28(22-35)26-17-9-4-10-18-26/h2-10,13-18,27-28,34-35H,11-12,19-23H2,1H3,(H,32,36)(H,33,37)/t27-,28-/m1/s1. The second-order valence-electron chi connectivity index (χ2n) is 9.57. The monoisotopic (exact) mass is 518 g/mol. The molecule has 0 aliphatic heterocycles. The van der Waals surface area contributed by atoms with E-state index in [1.54, 1.807) is 6.92 Å². The van der Waals surface area contributed by atoms with Gasteiger partial charge in [-0.3, -0.25) is 9.59 Å². The lowest BCUT2D eigenvalue weighted by molar-refractivity contribution is -0.144. The first-order valence-electron chi connectivity index (χ1n) is 13.0. The third-order valence-corrected chi connectivity index (χ3v) is 6.71. The summed E-state index contributed by atoms with van der Waals surface area (Å²) in [6, 6.07) is 26.9. The molecule has 0 heterocycles. The Morgan fingerprint density at radius 1 is 0.737 bits per heavy atom. The molecule has 3 aromatic rings. The number of aliphatic hydroxyl groups is 2. The molecule has 3 aromatic carbocycles. The van der Waals surface area contributed by atoms with E-state index in [4.69, 9.17) is 4.74 Å². The van der Waals surface area contributed by atoms with Gasteiger partial charge in [0, 0.05) is 6.61 Å². The largest absolute Gasteiger partial charge is 0.394 e. The maximum atomic E-state index is 13.6. The van der Waals surface area contributed by atoms with Gasteiger partial charge in [0.05, 0.1) is 31.9 Å². The molecular formula is C31H38N2O5. The van der Waals surface area contributed by atoms with Gasteiger partial charge in [0.15, 0.2) is 0 Å². The van der Waals surface area contributed by atoms with Crippen LogP contribution in [-0.2, 0) is 20.9 Å². The van der Waals surface area contributed by atoms with E-state index in [0.29, 0.717) is 26.1 Å². The number of hydrogen-bond acceptors (Lipinski definition) is 5. The summed E-state index contributed by atoms with van der Waals surface area (Å²) in [5, 5.41) is 25.7. The first-order valence-corrected chi connectivity index (χ1v) is 13.0. The lowest BCUT2D eigenvalue weighted by Gasteiger charge is -2.31. The summed E-state index contributed by atoms with van der Waals surface area (Å²) < 4.78 is 5.77. The number of benzene rings is 3. The van der Waals surface area contributed by atoms with E-state index in [2.05, 4.69) is 10.6 Å². The maximum absolute atomic E-state index is 13.6. The molecule has 7 heteroatoms. The molecule has 3 rings (SSSR count). The zero-order chi connectivity index (χ0) is 27.2. The molecule has 202 valence electrons. The van der Waals surface area contributed by atoms with Gasteiger partial charge in [-0.2, -0.15) is 0 Å². The Morgan fingerprint density at radius 3 is 1.63 bits per heavy atom. The van der Waals surface area contributed by atoms with Crippen molar-refractivity contribution in [3.05, 3.63) is 108 Å². The Hall–Kier alpha value is -3.52. The molecule has 7 nitrogen and oxygen atoms in total. The zero-order valence-electron chi connectivity index (χ0n) is 21.9. The minimum absolute atomic E-state index is 0.277. The van der Waals surface area contributed by atoms with Crippen LogP contribution < -0.4 is 10.6 Å². The van der Waals surface area contributed by atoms with Crippen LogP contribution in [0.15, 0.2) is 91.0 Å². The van der Waals surface area contributed by atoms with Crippen LogP contribution in [0.3, 0.4) is 0 Å². The molecule has 0 saturated heterocycles. The fourth-order valence-electron chi connectivity index (χ4n) is 4.25. The summed E-state index contributed by atoms with van der Waals surface area (Å²) in [5.41, 5.74) is 1.16. The van der Waals surface area contributed by atoms with Crippen LogP contribution in [0.4, 0.5) is 0 Å². The Bertz CT molecular complexity index is 1050. The number of hydrogen-bond donors (Lipinski definition) is 4. The second kappa shape index (κ2) is 15.0. The highest BCUT2D eigenvalue weighted by atomic mass is 16.5. The number of nitrogens with one attached hydrogen (secondary N) is 2. The van der Waals surface area contributed by atoms with E-state index in [9.17, 15) is 19.8 Å². The van der Waals surface area contributed by atoms with E-state index in [1.165, 1.54) is 0 Å². The quantitative estimate of drug-likeness (QED) is 0.179. The fraction of sp³-hybridized carbons (Fsp3) is 0.355. The van der Waals surface area contributed by atoms with Gasteiger partial charge in [-0.1, -0.05) is 91.0 Å². The Balaban J connectivity index is 1.68. The fourth-order valence-corrected chi connectivity index (χ4v) is 4.25. The number of rotatable bonds is 15. The van der Waals surface area contributed by atoms with E-state index < -0.39 is 29.3 Å². The number of amides is 2. The average Bonchev–Trinajstić information content (AvgIpc) is 2.97. The van der Waals surface area contributed by atoms with Crippen LogP contribution >= 0.6 is 0 Å². The van der Waals surface area contributed by atoms with Gasteiger partial charge < -0.3 is 25.6 Å². The van der Waals surface area contributed by atoms with Crippen LogP contribution in [0.25, 0.3) is 0 Å². The Labute approximate surface area is 224 Å². The Morgan fingerprint density at radius 2 is 1.18 bits per heavy atom. The van der Waals surface area contributed by atoms with Gasteiger partial charge in [0.2, 0.25) is 11.8 Å². The molecule has 2 atom stereocenters. The minimum atomic E-state index is -1.43. The van der Waals surface area contributed by atoms with Crippen LogP contribution in [0, 0.1) is 5.41 Å². The van der Waals surface area contributed by atoms with Crippen molar-refractivity contribution < 1.29 is 24.5 Å². The van der Waals surface area contributed by atoms with E-state index in [-0.39, 0.29) is 19.6 Å². The van der Waals surface area contributed by atoms with Gasteiger partial charge in [0.1, 0.15) is 5.41 Å². The predicted molar refractivity (Wildman–Crippen MR) is 147 cm³/mol. The maximum Gasteiger partial charge on any atom is 0.235 e. The predicted octanol–water partition coefficient (Wildman–Crippen LogP) is 4.08. The van der Waals surface area contributed by atoms with Crippen molar-refractivity contribution in [3.8, 4) is 0 Å². The molecule has 0 aliphatic carbocycles. The molecule has 0 aliphatic rings. The van der Waals surface area contributed by atoms with Crippen LogP contribution in [0.2, 0.25) is 0 Å². The van der Waals surface area contributed by atoms with Gasteiger partial charge in [-0.15, -0.1) is 0 Å². The molecule has 0 spiro atoms. The SMILES string of the molecule is CC(CCCCOCc1ccccc1)(C(=O)N[C@H](CO)c1ccccc1)C(=O)N[C@H](CO)c1ccccc1. The van der Waals surface area contributed by atoms with Crippen molar-refractivity contribution in [2.24, 2.45) is 5.41 Å². The van der Waals surface area contributed by atoms with E-state index in [0.717, 1.165) is 16.7 Å². The molecule has 38 heavy (non-hydrogen) atoms. The van der Waals surface area contributed by atoms with Crippen LogP contribution in [0.5, 0.6) is 0 Å². The molecule has 0 aromatic heterocycles. The van der Waals surface area contributed by atoms with Crippen molar-refractivity contribution in [1.29, 1.82) is 0 Å². The molecule has 0 fully saturated rings. The summed E-state index contributed by atoms with van der Waals surface area (Å²) >= 11 is 0. The van der Waals surface area contributed by atoms with Crippen molar-refractivity contribution in [3.63, 3.8) is 0 Å². The first-order chi connectivity index (χ1) is 18.5. The highest BCUT2D eigenvalue weighted by Crippen LogP contribution is 2.28. The third kappa shape index (κ3) is 8.25. The minimum Gasteiger partial charge on any atom is -0.394 e. The smallest absolute Gasteiger partial charge is 0.235 e. The topological polar surface area (TPSA) is 108 Å². The molecule has 2 amide bonds. The summed E-state index contributed by atoms with van der Waals surface area (Å²) in [6.45, 7) is 2.01. The van der Waals surface area contributed by atoms with Crippen molar-refractivity contribution in [1.82, 2.24) is 10.6 Å². The van der Waals surface area contributed by atoms with Crippen molar-refractivity contribution in [2.75, 3.05) is 19.8 Å². The zero-order valence-corrected chi connectivity index (χ0v) is 21.9.